The Hall–Kier alpha value is -3.26. The van der Waals surface area contributed by atoms with E-state index in [2.05, 4.69) is 25.6 Å². The molecule has 0 aromatic carbocycles. The number of hydrazine groups is 1. The van der Waals surface area contributed by atoms with Gasteiger partial charge in [-0.1, -0.05) is 6.07 Å². The topological polar surface area (TPSA) is 86.3 Å². The summed E-state index contributed by atoms with van der Waals surface area (Å²) in [5, 5.41) is 5.11. The summed E-state index contributed by atoms with van der Waals surface area (Å²) in [6, 6.07) is 9.58. The van der Waals surface area contributed by atoms with Gasteiger partial charge in [-0.15, -0.1) is 0 Å². The Bertz CT molecular complexity index is 941. The van der Waals surface area contributed by atoms with Crippen molar-refractivity contribution < 1.29 is 4.79 Å². The fourth-order valence-corrected chi connectivity index (χ4v) is 3.12. The van der Waals surface area contributed by atoms with E-state index in [1.807, 2.05) is 37.4 Å². The lowest BCUT2D eigenvalue weighted by molar-refractivity contribution is 0.112. The minimum Gasteiger partial charge on any atom is -0.354 e. The van der Waals surface area contributed by atoms with E-state index in [1.54, 1.807) is 17.4 Å². The lowest BCUT2D eigenvalue weighted by Gasteiger charge is -2.29. The Morgan fingerprint density at radius 3 is 2.78 bits per heavy atom. The number of aromatic nitrogens is 3. The van der Waals surface area contributed by atoms with E-state index in [0.717, 1.165) is 49.6 Å². The molecule has 4 heterocycles. The SMILES string of the molecule is CN(Nc1c(C=O)cnc2ccc(N3CCNCC3)nc12)c1ccccn1. The number of hydrogen-bond acceptors (Lipinski definition) is 8. The molecule has 2 N–H and O–H groups in total. The van der Waals surface area contributed by atoms with Crippen molar-refractivity contribution in [2.24, 2.45) is 0 Å². The molecular weight excluding hydrogens is 342 g/mol. The van der Waals surface area contributed by atoms with Gasteiger partial charge in [0.05, 0.1) is 16.8 Å². The van der Waals surface area contributed by atoms with Crippen LogP contribution in [0.15, 0.2) is 42.7 Å². The maximum Gasteiger partial charge on any atom is 0.153 e. The Balaban J connectivity index is 1.75. The molecule has 138 valence electrons. The van der Waals surface area contributed by atoms with Crippen LogP contribution in [0.25, 0.3) is 11.0 Å². The predicted molar refractivity (Wildman–Crippen MR) is 106 cm³/mol. The number of aldehydes is 1. The zero-order chi connectivity index (χ0) is 18.6. The third kappa shape index (κ3) is 3.52. The van der Waals surface area contributed by atoms with Gasteiger partial charge < -0.3 is 10.2 Å². The van der Waals surface area contributed by atoms with Crippen molar-refractivity contribution in [1.29, 1.82) is 0 Å². The second-order valence-corrected chi connectivity index (χ2v) is 6.34. The quantitative estimate of drug-likeness (QED) is 0.523. The molecule has 3 aromatic rings. The first-order valence-electron chi connectivity index (χ1n) is 8.88. The summed E-state index contributed by atoms with van der Waals surface area (Å²) in [6.45, 7) is 3.66. The number of carbonyl (C=O) groups excluding carboxylic acids is 1. The third-order valence-corrected chi connectivity index (χ3v) is 4.57. The maximum absolute atomic E-state index is 11.6. The zero-order valence-corrected chi connectivity index (χ0v) is 15.1. The molecule has 0 radical (unpaired) electrons. The minimum atomic E-state index is 0.454. The number of piperazine rings is 1. The van der Waals surface area contributed by atoms with Crippen LogP contribution < -0.4 is 20.7 Å². The van der Waals surface area contributed by atoms with Crippen molar-refractivity contribution >= 4 is 34.6 Å². The first kappa shape index (κ1) is 17.2. The highest BCUT2D eigenvalue weighted by Gasteiger charge is 2.16. The van der Waals surface area contributed by atoms with Gasteiger partial charge in [-0.3, -0.25) is 20.2 Å². The summed E-state index contributed by atoms with van der Waals surface area (Å²) >= 11 is 0. The van der Waals surface area contributed by atoms with Crippen molar-refractivity contribution in [3.05, 3.63) is 48.3 Å². The van der Waals surface area contributed by atoms with Gasteiger partial charge in [-0.25, -0.2) is 9.97 Å². The van der Waals surface area contributed by atoms with Crippen LogP contribution >= 0.6 is 0 Å². The lowest BCUT2D eigenvalue weighted by atomic mass is 10.2. The smallest absolute Gasteiger partial charge is 0.153 e. The number of fused-ring (bicyclic) bond motifs is 1. The number of pyridine rings is 3. The van der Waals surface area contributed by atoms with Gasteiger partial charge in [0.15, 0.2) is 6.29 Å². The summed E-state index contributed by atoms with van der Waals surface area (Å²) in [6.07, 6.45) is 4.08. The second-order valence-electron chi connectivity index (χ2n) is 6.34. The molecule has 27 heavy (non-hydrogen) atoms. The Morgan fingerprint density at radius 1 is 1.19 bits per heavy atom. The van der Waals surface area contributed by atoms with Crippen LogP contribution in [0.4, 0.5) is 17.3 Å². The van der Waals surface area contributed by atoms with E-state index in [-0.39, 0.29) is 0 Å². The van der Waals surface area contributed by atoms with E-state index in [4.69, 9.17) is 4.98 Å². The van der Waals surface area contributed by atoms with Crippen LogP contribution in [0.2, 0.25) is 0 Å². The normalized spacial score (nSPS) is 14.2. The molecule has 0 spiro atoms. The highest BCUT2D eigenvalue weighted by molar-refractivity contribution is 5.98. The number of hydrogen-bond donors (Lipinski definition) is 2. The number of rotatable bonds is 5. The molecule has 8 heteroatoms. The van der Waals surface area contributed by atoms with E-state index in [9.17, 15) is 4.79 Å². The number of carbonyl (C=O) groups is 1. The molecule has 1 aliphatic heterocycles. The molecular formula is C19H21N7O. The molecule has 1 aliphatic rings. The molecule has 0 atom stereocenters. The zero-order valence-electron chi connectivity index (χ0n) is 15.1. The van der Waals surface area contributed by atoms with Gasteiger partial charge in [-0.05, 0) is 24.3 Å². The van der Waals surface area contributed by atoms with Gasteiger partial charge >= 0.3 is 0 Å². The van der Waals surface area contributed by atoms with Crippen LogP contribution in [-0.2, 0) is 0 Å². The molecule has 0 unspecified atom stereocenters. The van der Waals surface area contributed by atoms with Crippen LogP contribution in [-0.4, -0.2) is 54.5 Å². The van der Waals surface area contributed by atoms with E-state index in [0.29, 0.717) is 16.8 Å². The Morgan fingerprint density at radius 2 is 2.04 bits per heavy atom. The molecule has 3 aromatic heterocycles. The second kappa shape index (κ2) is 7.55. The molecule has 0 saturated carbocycles. The van der Waals surface area contributed by atoms with Gasteiger partial charge in [0.25, 0.3) is 0 Å². The summed E-state index contributed by atoms with van der Waals surface area (Å²) in [4.78, 5) is 27.4. The third-order valence-electron chi connectivity index (χ3n) is 4.57. The van der Waals surface area contributed by atoms with E-state index >= 15 is 0 Å². The lowest BCUT2D eigenvalue weighted by Crippen LogP contribution is -2.43. The van der Waals surface area contributed by atoms with Crippen LogP contribution in [0, 0.1) is 0 Å². The highest BCUT2D eigenvalue weighted by Crippen LogP contribution is 2.27. The Labute approximate surface area is 157 Å². The van der Waals surface area contributed by atoms with E-state index in [1.165, 1.54) is 0 Å². The number of nitrogens with zero attached hydrogens (tertiary/aromatic N) is 5. The molecule has 0 amide bonds. The molecule has 8 nitrogen and oxygen atoms in total. The molecule has 4 rings (SSSR count). The molecule has 0 bridgehead atoms. The average Bonchev–Trinajstić information content (AvgIpc) is 2.75. The summed E-state index contributed by atoms with van der Waals surface area (Å²) in [5.41, 5.74) is 5.73. The molecule has 0 aliphatic carbocycles. The van der Waals surface area contributed by atoms with Gasteiger partial charge in [0.1, 0.15) is 17.2 Å². The number of anilines is 3. The Kier molecular flexibility index (Phi) is 4.80. The summed E-state index contributed by atoms with van der Waals surface area (Å²) in [5.74, 6) is 1.62. The van der Waals surface area contributed by atoms with Crippen molar-refractivity contribution in [1.82, 2.24) is 20.3 Å². The first-order valence-corrected chi connectivity index (χ1v) is 8.88. The van der Waals surface area contributed by atoms with Crippen LogP contribution in [0.5, 0.6) is 0 Å². The molecule has 1 fully saturated rings. The van der Waals surface area contributed by atoms with Crippen molar-refractivity contribution in [2.75, 3.05) is 48.6 Å². The van der Waals surface area contributed by atoms with Crippen LogP contribution in [0.1, 0.15) is 10.4 Å². The fraction of sp³-hybridized carbons (Fsp3) is 0.263. The average molecular weight is 363 g/mol. The fourth-order valence-electron chi connectivity index (χ4n) is 3.12. The standard InChI is InChI=1S/C19H21N7O/c1-25(16-4-2-3-7-21-16)24-18-14(13-27)12-22-15-5-6-17(23-19(15)18)26-10-8-20-9-11-26/h2-7,12-13,20H,8-11H2,1H3,(H,22,24). The van der Waals surface area contributed by atoms with Gasteiger partial charge in [0.2, 0.25) is 0 Å². The summed E-state index contributed by atoms with van der Waals surface area (Å²) < 4.78 is 0. The van der Waals surface area contributed by atoms with Gasteiger partial charge in [0, 0.05) is 45.6 Å². The van der Waals surface area contributed by atoms with Crippen molar-refractivity contribution in [3.8, 4) is 0 Å². The predicted octanol–water partition coefficient (Wildman–Crippen LogP) is 1.71. The highest BCUT2D eigenvalue weighted by atomic mass is 16.1. The first-order chi connectivity index (χ1) is 13.3. The maximum atomic E-state index is 11.6. The molecule has 1 saturated heterocycles. The minimum absolute atomic E-state index is 0.454. The van der Waals surface area contributed by atoms with E-state index < -0.39 is 0 Å². The van der Waals surface area contributed by atoms with Crippen molar-refractivity contribution in [2.45, 2.75) is 0 Å². The monoisotopic (exact) mass is 363 g/mol. The largest absolute Gasteiger partial charge is 0.354 e. The number of nitrogens with one attached hydrogen (secondary N) is 2. The van der Waals surface area contributed by atoms with Crippen molar-refractivity contribution in [3.63, 3.8) is 0 Å². The summed E-state index contributed by atoms with van der Waals surface area (Å²) in [7, 11) is 1.85. The van der Waals surface area contributed by atoms with Gasteiger partial charge in [-0.2, -0.15) is 0 Å². The van der Waals surface area contributed by atoms with Crippen LogP contribution in [0.3, 0.4) is 0 Å².